The fourth-order valence-corrected chi connectivity index (χ4v) is 1.60. The number of hydrogen-bond donors (Lipinski definition) is 2. The van der Waals surface area contributed by atoms with Crippen LogP contribution in [0.1, 0.15) is 12.5 Å². The fourth-order valence-electron chi connectivity index (χ4n) is 1.16. The molecule has 3 heteroatoms. The molecule has 1 rings (SSSR count). The van der Waals surface area contributed by atoms with Crippen LogP contribution in [0.15, 0.2) is 23.1 Å². The molecule has 0 spiro atoms. The van der Waals surface area contributed by atoms with Crippen molar-refractivity contribution in [1.29, 1.82) is 0 Å². The molecule has 0 radical (unpaired) electrons. The first kappa shape index (κ1) is 10.4. The van der Waals surface area contributed by atoms with Crippen molar-refractivity contribution in [2.75, 3.05) is 6.26 Å². The fraction of sp³-hybridized carbons (Fsp3) is 0.400. The molecule has 1 atom stereocenters. The second kappa shape index (κ2) is 4.53. The van der Waals surface area contributed by atoms with Crippen LogP contribution in [0.2, 0.25) is 0 Å². The summed E-state index contributed by atoms with van der Waals surface area (Å²) in [6.07, 6.45) is 2.05. The van der Waals surface area contributed by atoms with Gasteiger partial charge in [-0.25, -0.2) is 0 Å². The maximum Gasteiger partial charge on any atom is 0.119 e. The monoisotopic (exact) mass is 198 g/mol. The van der Waals surface area contributed by atoms with Gasteiger partial charge in [0.2, 0.25) is 0 Å². The molecule has 1 aromatic carbocycles. The summed E-state index contributed by atoms with van der Waals surface area (Å²) in [7, 11) is 0. The van der Waals surface area contributed by atoms with Crippen LogP contribution in [-0.4, -0.2) is 22.6 Å². The van der Waals surface area contributed by atoms with Crippen molar-refractivity contribution in [2.45, 2.75) is 24.3 Å². The van der Waals surface area contributed by atoms with Crippen LogP contribution in [0.3, 0.4) is 0 Å². The number of rotatable bonds is 3. The van der Waals surface area contributed by atoms with E-state index in [2.05, 4.69) is 0 Å². The number of phenols is 1. The highest BCUT2D eigenvalue weighted by Crippen LogP contribution is 2.25. The Morgan fingerprint density at radius 1 is 1.46 bits per heavy atom. The Hall–Kier alpha value is -0.670. The average Bonchev–Trinajstić information content (AvgIpc) is 2.08. The molecule has 1 unspecified atom stereocenters. The molecule has 0 amide bonds. The van der Waals surface area contributed by atoms with Crippen molar-refractivity contribution < 1.29 is 10.2 Å². The molecule has 2 N–H and O–H groups in total. The zero-order chi connectivity index (χ0) is 9.84. The number of benzene rings is 1. The van der Waals surface area contributed by atoms with Crippen LogP contribution >= 0.6 is 11.8 Å². The van der Waals surface area contributed by atoms with Gasteiger partial charge in [-0.1, -0.05) is 6.07 Å². The van der Waals surface area contributed by atoms with E-state index in [-0.39, 0.29) is 5.75 Å². The quantitative estimate of drug-likeness (QED) is 0.730. The van der Waals surface area contributed by atoms with Crippen LogP contribution in [0.4, 0.5) is 0 Å². The lowest BCUT2D eigenvalue weighted by Gasteiger charge is -2.07. The Morgan fingerprint density at radius 3 is 2.62 bits per heavy atom. The number of phenolic OH excluding ortho intramolecular Hbond substituents is 1. The normalized spacial score (nSPS) is 12.8. The van der Waals surface area contributed by atoms with Gasteiger partial charge in [-0.2, -0.15) is 0 Å². The van der Waals surface area contributed by atoms with Gasteiger partial charge in [-0.05, 0) is 30.9 Å². The van der Waals surface area contributed by atoms with Gasteiger partial charge in [0.05, 0.1) is 6.10 Å². The van der Waals surface area contributed by atoms with Crippen molar-refractivity contribution in [3.8, 4) is 5.75 Å². The predicted molar refractivity (Wildman–Crippen MR) is 55.3 cm³/mol. The van der Waals surface area contributed by atoms with Gasteiger partial charge in [0.15, 0.2) is 0 Å². The van der Waals surface area contributed by atoms with Crippen molar-refractivity contribution in [2.24, 2.45) is 0 Å². The summed E-state index contributed by atoms with van der Waals surface area (Å²) in [4.78, 5) is 1.03. The summed E-state index contributed by atoms with van der Waals surface area (Å²) in [5, 5.41) is 18.7. The van der Waals surface area contributed by atoms with Crippen molar-refractivity contribution in [3.63, 3.8) is 0 Å². The van der Waals surface area contributed by atoms with Crippen molar-refractivity contribution in [3.05, 3.63) is 23.8 Å². The number of aromatic hydroxyl groups is 1. The summed E-state index contributed by atoms with van der Waals surface area (Å²) < 4.78 is 0. The largest absolute Gasteiger partial charge is 0.508 e. The van der Waals surface area contributed by atoms with Crippen LogP contribution in [0, 0.1) is 0 Å². The lowest BCUT2D eigenvalue weighted by Crippen LogP contribution is -2.04. The van der Waals surface area contributed by atoms with E-state index >= 15 is 0 Å². The minimum atomic E-state index is -0.411. The molecule has 0 aliphatic heterocycles. The lowest BCUT2D eigenvalue weighted by molar-refractivity contribution is 0.194. The summed E-state index contributed by atoms with van der Waals surface area (Å²) >= 11 is 1.59. The summed E-state index contributed by atoms with van der Waals surface area (Å²) in [6.45, 7) is 1.71. The molecule has 2 nitrogen and oxygen atoms in total. The highest BCUT2D eigenvalue weighted by Gasteiger charge is 2.05. The van der Waals surface area contributed by atoms with E-state index in [1.807, 2.05) is 18.4 Å². The van der Waals surface area contributed by atoms with Gasteiger partial charge < -0.3 is 10.2 Å². The molecule has 0 fully saturated rings. The molecule has 0 aromatic heterocycles. The van der Waals surface area contributed by atoms with E-state index in [0.717, 1.165) is 10.5 Å². The van der Waals surface area contributed by atoms with Crippen LogP contribution in [0.5, 0.6) is 5.75 Å². The first-order valence-electron chi connectivity index (χ1n) is 4.17. The number of aliphatic hydroxyl groups excluding tert-OH is 1. The van der Waals surface area contributed by atoms with E-state index in [1.54, 1.807) is 24.8 Å². The second-order valence-electron chi connectivity index (χ2n) is 3.05. The van der Waals surface area contributed by atoms with E-state index in [0.29, 0.717) is 6.42 Å². The van der Waals surface area contributed by atoms with Gasteiger partial charge in [-0.15, -0.1) is 11.8 Å². The topological polar surface area (TPSA) is 40.5 Å². The zero-order valence-electron chi connectivity index (χ0n) is 7.82. The molecule has 72 valence electrons. The van der Waals surface area contributed by atoms with Crippen LogP contribution in [-0.2, 0) is 6.42 Å². The Kier molecular flexibility index (Phi) is 3.63. The van der Waals surface area contributed by atoms with Crippen LogP contribution < -0.4 is 0 Å². The van der Waals surface area contributed by atoms with E-state index in [4.69, 9.17) is 5.11 Å². The van der Waals surface area contributed by atoms with Gasteiger partial charge in [0, 0.05) is 11.3 Å². The third-order valence-corrected chi connectivity index (χ3v) is 2.53. The Balaban J connectivity index is 2.85. The Morgan fingerprint density at radius 2 is 2.15 bits per heavy atom. The third kappa shape index (κ3) is 2.94. The number of aliphatic hydroxyl groups is 1. The minimum Gasteiger partial charge on any atom is -0.508 e. The Bertz CT molecular complexity index is 284. The number of hydrogen-bond acceptors (Lipinski definition) is 3. The minimum absolute atomic E-state index is 0.271. The average molecular weight is 198 g/mol. The second-order valence-corrected chi connectivity index (χ2v) is 3.93. The van der Waals surface area contributed by atoms with Crippen molar-refractivity contribution >= 4 is 11.8 Å². The lowest BCUT2D eigenvalue weighted by atomic mass is 10.1. The molecule has 1 aromatic rings. The molecule has 0 heterocycles. The third-order valence-electron chi connectivity index (χ3n) is 1.81. The van der Waals surface area contributed by atoms with Gasteiger partial charge in [0.1, 0.15) is 5.75 Å². The summed E-state index contributed by atoms with van der Waals surface area (Å²) in [5.41, 5.74) is 0.799. The van der Waals surface area contributed by atoms with Gasteiger partial charge in [0.25, 0.3) is 0 Å². The maximum absolute atomic E-state index is 9.55. The summed E-state index contributed by atoms with van der Waals surface area (Å²) in [6, 6.07) is 5.53. The SMILES string of the molecule is CSc1ccc(CC(C)O)c(O)c1. The highest BCUT2D eigenvalue weighted by molar-refractivity contribution is 7.98. The van der Waals surface area contributed by atoms with Gasteiger partial charge >= 0.3 is 0 Å². The molecule has 0 aliphatic rings. The first-order valence-corrected chi connectivity index (χ1v) is 5.40. The molecule has 13 heavy (non-hydrogen) atoms. The molecule has 0 aliphatic carbocycles. The first-order chi connectivity index (χ1) is 6.13. The molecular weight excluding hydrogens is 184 g/mol. The highest BCUT2D eigenvalue weighted by atomic mass is 32.2. The zero-order valence-corrected chi connectivity index (χ0v) is 8.64. The van der Waals surface area contributed by atoms with E-state index in [1.165, 1.54) is 0 Å². The van der Waals surface area contributed by atoms with Crippen molar-refractivity contribution in [1.82, 2.24) is 0 Å². The molecule has 0 saturated carbocycles. The summed E-state index contributed by atoms with van der Waals surface area (Å²) in [5.74, 6) is 0.271. The predicted octanol–water partition coefficient (Wildman–Crippen LogP) is 2.04. The Labute approximate surface area is 82.6 Å². The standard InChI is InChI=1S/C10H14O2S/c1-7(11)5-8-3-4-9(13-2)6-10(8)12/h3-4,6-7,11-12H,5H2,1-2H3. The molecule has 0 saturated heterocycles. The van der Waals surface area contributed by atoms with E-state index < -0.39 is 6.10 Å². The van der Waals surface area contributed by atoms with Gasteiger partial charge in [-0.3, -0.25) is 0 Å². The molecule has 0 bridgehead atoms. The van der Waals surface area contributed by atoms with Crippen LogP contribution in [0.25, 0.3) is 0 Å². The number of thioether (sulfide) groups is 1. The maximum atomic E-state index is 9.55. The van der Waals surface area contributed by atoms with E-state index in [9.17, 15) is 5.11 Å². The smallest absolute Gasteiger partial charge is 0.119 e. The molecular formula is C10H14O2S.